The fourth-order valence-corrected chi connectivity index (χ4v) is 4.10. The van der Waals surface area contributed by atoms with Crippen molar-refractivity contribution in [3.05, 3.63) is 54.1 Å². The Bertz CT molecular complexity index is 961. The number of ether oxygens (including phenoxy) is 1. The van der Waals surface area contributed by atoms with Gasteiger partial charge in [-0.15, -0.1) is 0 Å². The smallest absolute Gasteiger partial charge is 0.387 e. The number of amides is 1. The molecule has 3 heterocycles. The van der Waals surface area contributed by atoms with Gasteiger partial charge in [-0.2, -0.15) is 13.9 Å². The van der Waals surface area contributed by atoms with Gasteiger partial charge in [0.05, 0.1) is 23.5 Å². The summed E-state index contributed by atoms with van der Waals surface area (Å²) in [7, 11) is 0. The first-order valence-corrected chi connectivity index (χ1v) is 10.3. The van der Waals surface area contributed by atoms with Crippen LogP contribution in [0.15, 0.2) is 47.7 Å². The van der Waals surface area contributed by atoms with Crippen LogP contribution in [0.4, 0.5) is 18.9 Å². The van der Waals surface area contributed by atoms with E-state index in [1.807, 2.05) is 0 Å². The van der Waals surface area contributed by atoms with Crippen LogP contribution in [0.5, 0.6) is 5.75 Å². The number of rotatable bonds is 6. The highest BCUT2D eigenvalue weighted by atomic mass is 19.3. The number of alkyl halides is 2. The highest BCUT2D eigenvalue weighted by molar-refractivity contribution is 5.92. The Hall–Kier alpha value is -3.14. The third kappa shape index (κ3) is 5.01. The van der Waals surface area contributed by atoms with Gasteiger partial charge in [-0.3, -0.25) is 9.80 Å². The van der Waals surface area contributed by atoms with Crippen molar-refractivity contribution in [2.75, 3.05) is 18.1 Å². The van der Waals surface area contributed by atoms with Crippen LogP contribution >= 0.6 is 0 Å². The Kier molecular flexibility index (Phi) is 6.31. The molecule has 0 aliphatic carbocycles. The number of benzene rings is 1. The minimum Gasteiger partial charge on any atom is -0.433 e. The van der Waals surface area contributed by atoms with Crippen molar-refractivity contribution in [1.82, 2.24) is 9.88 Å². The number of piperidine rings is 1. The van der Waals surface area contributed by atoms with Crippen molar-refractivity contribution >= 4 is 17.8 Å². The van der Waals surface area contributed by atoms with Gasteiger partial charge in [0, 0.05) is 25.7 Å². The number of nitrogens with zero attached hydrogens (tertiary/aromatic N) is 4. The Morgan fingerprint density at radius 3 is 2.53 bits per heavy atom. The van der Waals surface area contributed by atoms with Gasteiger partial charge in [-0.25, -0.2) is 9.37 Å². The second-order valence-corrected chi connectivity index (χ2v) is 7.99. The summed E-state index contributed by atoms with van der Waals surface area (Å²) >= 11 is 0. The SMILES string of the molecule is O=C(c1ccc(OC(F)F)cn1)N1CCC(O)(CC2CC=NN2c2ccc(F)cc2)CC1. The van der Waals surface area contributed by atoms with Crippen LogP contribution in [0.1, 0.15) is 36.2 Å². The first-order chi connectivity index (χ1) is 15.3. The van der Waals surface area contributed by atoms with E-state index < -0.39 is 12.2 Å². The van der Waals surface area contributed by atoms with Gasteiger partial charge in [0.2, 0.25) is 0 Å². The molecule has 1 saturated heterocycles. The molecule has 1 amide bonds. The number of hydrogen-bond donors (Lipinski definition) is 1. The van der Waals surface area contributed by atoms with Gasteiger partial charge in [-0.1, -0.05) is 0 Å². The predicted molar refractivity (Wildman–Crippen MR) is 111 cm³/mol. The van der Waals surface area contributed by atoms with Gasteiger partial charge in [0.15, 0.2) is 0 Å². The molecule has 32 heavy (non-hydrogen) atoms. The molecule has 0 spiro atoms. The molecule has 0 bridgehead atoms. The topological polar surface area (TPSA) is 78.3 Å². The summed E-state index contributed by atoms with van der Waals surface area (Å²) < 4.78 is 42.0. The van der Waals surface area contributed by atoms with Crippen LogP contribution in [-0.4, -0.2) is 58.5 Å². The highest BCUT2D eigenvalue weighted by Gasteiger charge is 2.38. The lowest BCUT2D eigenvalue weighted by atomic mass is 9.84. The maximum absolute atomic E-state index is 13.2. The standard InChI is InChI=1S/C22H23F3N4O3/c23-15-1-3-16(4-2-15)29-17(7-10-27-29)13-22(31)8-11-28(12-9-22)20(30)19-6-5-18(14-26-19)32-21(24)25/h1-6,10,14,17,21,31H,7-9,11-13H2. The van der Waals surface area contributed by atoms with Crippen LogP contribution in [0.3, 0.4) is 0 Å². The summed E-state index contributed by atoms with van der Waals surface area (Å²) in [5, 5.41) is 17.3. The molecule has 2 aromatic rings. The van der Waals surface area contributed by atoms with Crippen LogP contribution in [0.25, 0.3) is 0 Å². The number of likely N-dealkylation sites (tertiary alicyclic amines) is 1. The van der Waals surface area contributed by atoms with Gasteiger partial charge >= 0.3 is 6.61 Å². The molecule has 1 aromatic heterocycles. The lowest BCUT2D eigenvalue weighted by molar-refractivity contribution is -0.0500. The molecular formula is C22H23F3N4O3. The zero-order valence-electron chi connectivity index (χ0n) is 17.2. The predicted octanol–water partition coefficient (Wildman–Crippen LogP) is 3.44. The number of carbonyl (C=O) groups is 1. The Morgan fingerprint density at radius 1 is 1.19 bits per heavy atom. The second-order valence-electron chi connectivity index (χ2n) is 7.99. The van der Waals surface area contributed by atoms with E-state index in [4.69, 9.17) is 0 Å². The highest BCUT2D eigenvalue weighted by Crippen LogP contribution is 2.33. The number of halogens is 3. The molecule has 1 fully saturated rings. The number of anilines is 1. The van der Waals surface area contributed by atoms with Crippen molar-refractivity contribution in [1.29, 1.82) is 0 Å². The lowest BCUT2D eigenvalue weighted by Crippen LogP contribution is -2.49. The van der Waals surface area contributed by atoms with E-state index in [9.17, 15) is 23.1 Å². The molecule has 0 saturated carbocycles. The van der Waals surface area contributed by atoms with E-state index in [1.165, 1.54) is 24.3 Å². The third-order valence-electron chi connectivity index (χ3n) is 5.80. The van der Waals surface area contributed by atoms with Crippen molar-refractivity contribution < 1.29 is 27.8 Å². The number of carbonyl (C=O) groups excluding carboxylic acids is 1. The summed E-state index contributed by atoms with van der Waals surface area (Å²) in [6, 6.07) is 8.62. The Morgan fingerprint density at radius 2 is 1.91 bits per heavy atom. The van der Waals surface area contributed by atoms with Gasteiger partial charge in [0.1, 0.15) is 17.3 Å². The number of aromatic nitrogens is 1. The van der Waals surface area contributed by atoms with Crippen molar-refractivity contribution in [3.63, 3.8) is 0 Å². The van der Waals surface area contributed by atoms with Crippen LogP contribution < -0.4 is 9.75 Å². The fourth-order valence-electron chi connectivity index (χ4n) is 4.10. The van der Waals surface area contributed by atoms with Gasteiger partial charge < -0.3 is 14.7 Å². The molecular weight excluding hydrogens is 425 g/mol. The zero-order valence-corrected chi connectivity index (χ0v) is 17.2. The number of pyridine rings is 1. The summed E-state index contributed by atoms with van der Waals surface area (Å²) in [6.07, 6.45) is 4.77. The largest absolute Gasteiger partial charge is 0.433 e. The van der Waals surface area contributed by atoms with E-state index in [-0.39, 0.29) is 29.2 Å². The molecule has 7 nitrogen and oxygen atoms in total. The van der Waals surface area contributed by atoms with Crippen molar-refractivity contribution in [3.8, 4) is 5.75 Å². The molecule has 10 heteroatoms. The summed E-state index contributed by atoms with van der Waals surface area (Å²) in [6.45, 7) is -2.27. The molecule has 2 aliphatic heterocycles. The van der Waals surface area contributed by atoms with Crippen molar-refractivity contribution in [2.45, 2.75) is 43.9 Å². The van der Waals surface area contributed by atoms with Crippen LogP contribution in [0, 0.1) is 5.82 Å². The minimum absolute atomic E-state index is 0.0586. The van der Waals surface area contributed by atoms with E-state index >= 15 is 0 Å². The Balaban J connectivity index is 1.34. The molecule has 1 aromatic carbocycles. The Labute approximate surface area is 183 Å². The minimum atomic E-state index is -2.96. The molecule has 1 atom stereocenters. The summed E-state index contributed by atoms with van der Waals surface area (Å²) in [5.74, 6) is -0.767. The quantitative estimate of drug-likeness (QED) is 0.733. The average Bonchev–Trinajstić information content (AvgIpc) is 3.22. The van der Waals surface area contributed by atoms with Gasteiger partial charge in [-0.05, 0) is 55.7 Å². The van der Waals surface area contributed by atoms with Crippen LogP contribution in [-0.2, 0) is 0 Å². The van der Waals surface area contributed by atoms with Crippen molar-refractivity contribution in [2.24, 2.45) is 5.10 Å². The van der Waals surface area contributed by atoms with E-state index in [1.54, 1.807) is 28.3 Å². The monoisotopic (exact) mass is 448 g/mol. The first kappa shape index (κ1) is 22.1. The molecule has 0 radical (unpaired) electrons. The normalized spacial score (nSPS) is 20.1. The van der Waals surface area contributed by atoms with Gasteiger partial charge in [0.25, 0.3) is 5.91 Å². The summed E-state index contributed by atoms with van der Waals surface area (Å²) in [5.41, 5.74) is -0.0778. The zero-order chi connectivity index (χ0) is 22.7. The van der Waals surface area contributed by atoms with Crippen LogP contribution in [0.2, 0.25) is 0 Å². The number of hydrogen-bond acceptors (Lipinski definition) is 6. The summed E-state index contributed by atoms with van der Waals surface area (Å²) in [4.78, 5) is 18.2. The molecule has 1 N–H and O–H groups in total. The first-order valence-electron chi connectivity index (χ1n) is 10.3. The third-order valence-corrected chi connectivity index (χ3v) is 5.80. The number of hydrazone groups is 1. The average molecular weight is 448 g/mol. The number of aliphatic hydroxyl groups is 1. The lowest BCUT2D eigenvalue weighted by Gasteiger charge is -2.40. The molecule has 170 valence electrons. The maximum Gasteiger partial charge on any atom is 0.387 e. The molecule has 2 aliphatic rings. The fraction of sp³-hybridized carbons (Fsp3) is 0.409. The second kappa shape index (κ2) is 9.15. The van der Waals surface area contributed by atoms with E-state index in [2.05, 4.69) is 14.8 Å². The van der Waals surface area contributed by atoms with E-state index in [0.29, 0.717) is 38.8 Å². The molecule has 4 rings (SSSR count). The molecule has 1 unspecified atom stereocenters. The van der Waals surface area contributed by atoms with E-state index in [0.717, 1.165) is 11.9 Å². The maximum atomic E-state index is 13.2.